The van der Waals surface area contributed by atoms with Gasteiger partial charge in [0.25, 0.3) is 6.29 Å². The first-order valence-corrected chi connectivity index (χ1v) is 11.3. The summed E-state index contributed by atoms with van der Waals surface area (Å²) in [7, 11) is 0. The zero-order valence-corrected chi connectivity index (χ0v) is 19.1. The van der Waals surface area contributed by atoms with E-state index in [4.69, 9.17) is 4.74 Å². The van der Waals surface area contributed by atoms with Crippen LogP contribution in [0.2, 0.25) is 0 Å². The molecule has 11 heteroatoms. The van der Waals surface area contributed by atoms with E-state index in [1.54, 1.807) is 30.5 Å². The lowest BCUT2D eigenvalue weighted by Crippen LogP contribution is -2.48. The summed E-state index contributed by atoms with van der Waals surface area (Å²) in [5.74, 6) is -1.29. The van der Waals surface area contributed by atoms with Gasteiger partial charge in [0.15, 0.2) is 0 Å². The lowest BCUT2D eigenvalue weighted by molar-refractivity contribution is -0.0438. The van der Waals surface area contributed by atoms with Crippen LogP contribution in [0, 0.1) is 9.39 Å². The maximum atomic E-state index is 14.4. The molecule has 31 heavy (non-hydrogen) atoms. The number of aliphatic hydroxyl groups excluding tert-OH is 1. The maximum Gasteiger partial charge on any atom is 0.412 e. The molecule has 3 heterocycles. The van der Waals surface area contributed by atoms with E-state index >= 15 is 0 Å². The van der Waals surface area contributed by atoms with Crippen LogP contribution in [0.5, 0.6) is 0 Å². The summed E-state index contributed by atoms with van der Waals surface area (Å²) >= 11 is 3.14. The monoisotopic (exact) mass is 556 g/mol. The third-order valence-electron chi connectivity index (χ3n) is 4.70. The van der Waals surface area contributed by atoms with Gasteiger partial charge < -0.3 is 25.4 Å². The quantitative estimate of drug-likeness (QED) is 0.252. The van der Waals surface area contributed by atoms with Crippen LogP contribution in [0.3, 0.4) is 0 Å². The van der Waals surface area contributed by atoms with Crippen molar-refractivity contribution in [2.75, 3.05) is 31.5 Å². The number of amides is 1. The zero-order chi connectivity index (χ0) is 22.0. The fourth-order valence-corrected chi connectivity index (χ4v) is 4.69. The van der Waals surface area contributed by atoms with Crippen molar-refractivity contribution in [3.8, 4) is 0 Å². The molecule has 1 fully saturated rings. The van der Waals surface area contributed by atoms with Gasteiger partial charge in [-0.3, -0.25) is 4.79 Å². The predicted octanol–water partition coefficient (Wildman–Crippen LogP) is 3.33. The van der Waals surface area contributed by atoms with Gasteiger partial charge in [-0.05, 0) is 52.9 Å². The molecule has 2 aromatic heterocycles. The standard InChI is InChI=1S/C20H18FIN4O4S/c21-13-10-11(22)3-4-14(13)25-18-15(12-2-1-5-24-17(12)31-18)16(27)19(28)30-20(29)26-8-6-23-7-9-26/h1-5,10,19,23,25,28H,6-9H2/t19-/m1/s1. The molecule has 4 rings (SSSR count). The van der Waals surface area contributed by atoms with Crippen LogP contribution in [-0.2, 0) is 4.74 Å². The molecule has 1 atom stereocenters. The highest BCUT2D eigenvalue weighted by atomic mass is 127. The summed E-state index contributed by atoms with van der Waals surface area (Å²) < 4.78 is 20.1. The summed E-state index contributed by atoms with van der Waals surface area (Å²) in [6.07, 6.45) is -1.19. The molecule has 1 aliphatic heterocycles. The average molecular weight is 556 g/mol. The van der Waals surface area contributed by atoms with Crippen LogP contribution >= 0.6 is 33.9 Å². The number of rotatable bonds is 5. The van der Waals surface area contributed by atoms with Crippen LogP contribution < -0.4 is 10.6 Å². The molecule has 0 radical (unpaired) electrons. The van der Waals surface area contributed by atoms with Crippen molar-refractivity contribution >= 4 is 66.7 Å². The van der Waals surface area contributed by atoms with Crippen molar-refractivity contribution in [2.24, 2.45) is 0 Å². The summed E-state index contributed by atoms with van der Waals surface area (Å²) in [4.78, 5) is 31.5. The Morgan fingerprint density at radius 1 is 1.32 bits per heavy atom. The van der Waals surface area contributed by atoms with Crippen molar-refractivity contribution in [1.29, 1.82) is 0 Å². The number of thiophene rings is 1. The van der Waals surface area contributed by atoms with Gasteiger partial charge in [0, 0.05) is 41.3 Å². The van der Waals surface area contributed by atoms with E-state index in [1.807, 2.05) is 22.6 Å². The lowest BCUT2D eigenvalue weighted by atomic mass is 10.1. The summed E-state index contributed by atoms with van der Waals surface area (Å²) in [5, 5.41) is 17.2. The molecule has 3 N–H and O–H groups in total. The topological polar surface area (TPSA) is 104 Å². The normalized spacial score (nSPS) is 15.0. The Hall–Kier alpha value is -2.35. The van der Waals surface area contributed by atoms with Gasteiger partial charge in [-0.15, -0.1) is 0 Å². The fourth-order valence-electron chi connectivity index (χ4n) is 3.17. The molecule has 8 nitrogen and oxygen atoms in total. The number of piperazine rings is 1. The number of carbonyl (C=O) groups is 2. The minimum absolute atomic E-state index is 0.0895. The van der Waals surface area contributed by atoms with Crippen molar-refractivity contribution < 1.29 is 23.8 Å². The van der Waals surface area contributed by atoms with Gasteiger partial charge in [-0.1, -0.05) is 11.3 Å². The largest absolute Gasteiger partial charge is 0.412 e. The molecule has 3 aromatic rings. The smallest absolute Gasteiger partial charge is 0.411 e. The third kappa shape index (κ3) is 4.79. The number of anilines is 2. The van der Waals surface area contributed by atoms with Crippen molar-refractivity contribution in [1.82, 2.24) is 15.2 Å². The molecule has 1 amide bonds. The van der Waals surface area contributed by atoms with Crippen LogP contribution in [0.15, 0.2) is 36.5 Å². The Kier molecular flexibility index (Phi) is 6.65. The fraction of sp³-hybridized carbons (Fsp3) is 0.250. The molecular weight excluding hydrogens is 538 g/mol. The van der Waals surface area contributed by atoms with Gasteiger partial charge in [0.05, 0.1) is 11.3 Å². The van der Waals surface area contributed by atoms with Crippen LogP contribution in [0.4, 0.5) is 19.9 Å². The number of hydrogen-bond acceptors (Lipinski definition) is 8. The van der Waals surface area contributed by atoms with Crippen LogP contribution in [-0.4, -0.2) is 59.3 Å². The molecular formula is C20H18FIN4O4S. The summed E-state index contributed by atoms with van der Waals surface area (Å²) in [5.41, 5.74) is 0.264. The number of pyridine rings is 1. The number of hydrogen-bond donors (Lipinski definition) is 3. The van der Waals surface area contributed by atoms with E-state index in [2.05, 4.69) is 15.6 Å². The Morgan fingerprint density at radius 3 is 2.84 bits per heavy atom. The number of nitrogens with zero attached hydrogens (tertiary/aromatic N) is 2. The number of ketones is 1. The summed E-state index contributed by atoms with van der Waals surface area (Å²) in [6, 6.07) is 7.97. The Morgan fingerprint density at radius 2 is 2.10 bits per heavy atom. The van der Waals surface area contributed by atoms with E-state index in [0.717, 1.165) is 14.9 Å². The Balaban J connectivity index is 1.62. The maximum absolute atomic E-state index is 14.4. The van der Waals surface area contributed by atoms with E-state index in [9.17, 15) is 19.1 Å². The van der Waals surface area contributed by atoms with Gasteiger partial charge in [0.1, 0.15) is 15.6 Å². The van der Waals surface area contributed by atoms with E-state index in [-0.39, 0.29) is 11.3 Å². The number of nitrogens with one attached hydrogen (secondary N) is 2. The number of fused-ring (bicyclic) bond motifs is 1. The Bertz CT molecular complexity index is 1140. The SMILES string of the molecule is O=C(c1c(Nc2ccc(I)cc2F)sc2ncccc12)[C@H](O)OC(=O)N1CCNCC1. The third-order valence-corrected chi connectivity index (χ3v) is 6.40. The zero-order valence-electron chi connectivity index (χ0n) is 16.1. The van der Waals surface area contributed by atoms with Crippen molar-refractivity contribution in [3.63, 3.8) is 0 Å². The first-order chi connectivity index (χ1) is 14.9. The number of aromatic nitrogens is 1. The molecule has 0 spiro atoms. The van der Waals surface area contributed by atoms with Crippen molar-refractivity contribution in [2.45, 2.75) is 6.29 Å². The number of benzene rings is 1. The molecule has 0 saturated carbocycles. The molecule has 0 unspecified atom stereocenters. The molecule has 1 saturated heterocycles. The van der Waals surface area contributed by atoms with E-state index < -0.39 is 24.0 Å². The van der Waals surface area contributed by atoms with Crippen LogP contribution in [0.1, 0.15) is 10.4 Å². The first kappa shape index (κ1) is 21.9. The van der Waals surface area contributed by atoms with Gasteiger partial charge >= 0.3 is 6.09 Å². The minimum atomic E-state index is -2.00. The first-order valence-electron chi connectivity index (χ1n) is 9.42. The molecule has 162 valence electrons. The van der Waals surface area contributed by atoms with Crippen LogP contribution in [0.25, 0.3) is 10.2 Å². The predicted molar refractivity (Wildman–Crippen MR) is 123 cm³/mol. The number of Topliss-reactive ketones (excluding diaryl/α,β-unsaturated/α-hetero) is 1. The second kappa shape index (κ2) is 9.42. The van der Waals surface area contributed by atoms with E-state index in [0.29, 0.717) is 41.4 Å². The number of halogens is 2. The van der Waals surface area contributed by atoms with Crippen molar-refractivity contribution in [3.05, 3.63) is 51.5 Å². The van der Waals surface area contributed by atoms with E-state index in [1.165, 1.54) is 11.0 Å². The highest BCUT2D eigenvalue weighted by Crippen LogP contribution is 2.37. The highest BCUT2D eigenvalue weighted by molar-refractivity contribution is 14.1. The van der Waals surface area contributed by atoms with Gasteiger partial charge in [0.2, 0.25) is 5.78 Å². The molecule has 1 aliphatic rings. The van der Waals surface area contributed by atoms with Gasteiger partial charge in [-0.25, -0.2) is 14.2 Å². The minimum Gasteiger partial charge on any atom is -0.411 e. The second-order valence-electron chi connectivity index (χ2n) is 6.75. The number of aliphatic hydroxyl groups is 1. The molecule has 0 aliphatic carbocycles. The molecule has 0 bridgehead atoms. The molecule has 1 aromatic carbocycles. The lowest BCUT2D eigenvalue weighted by Gasteiger charge is -2.27. The summed E-state index contributed by atoms with van der Waals surface area (Å²) in [6.45, 7) is 2.05. The second-order valence-corrected chi connectivity index (χ2v) is 8.99. The highest BCUT2D eigenvalue weighted by Gasteiger charge is 2.30. The number of carbonyl (C=O) groups excluding carboxylic acids is 2. The Labute approximate surface area is 194 Å². The average Bonchev–Trinajstić information content (AvgIpc) is 3.13. The number of ether oxygens (including phenoxy) is 1. The van der Waals surface area contributed by atoms with Gasteiger partial charge in [-0.2, -0.15) is 0 Å².